The number of rotatable bonds is 7. The van der Waals surface area contributed by atoms with Gasteiger partial charge in [-0.05, 0) is 49.2 Å². The van der Waals surface area contributed by atoms with Gasteiger partial charge in [0, 0.05) is 5.69 Å². The molecule has 3 aromatic rings. The van der Waals surface area contributed by atoms with Gasteiger partial charge in [-0.1, -0.05) is 46.6 Å². The first kappa shape index (κ1) is 21.8. The fourth-order valence-electron chi connectivity index (χ4n) is 2.81. The Morgan fingerprint density at radius 2 is 1.77 bits per heavy atom. The summed E-state index contributed by atoms with van der Waals surface area (Å²) in [5.41, 5.74) is 3.13. The van der Waals surface area contributed by atoms with Gasteiger partial charge in [0.1, 0.15) is 0 Å². The molecule has 156 valence electrons. The normalized spacial score (nSPS) is 10.7. The zero-order valence-electron chi connectivity index (χ0n) is 16.5. The summed E-state index contributed by atoms with van der Waals surface area (Å²) >= 11 is 12.0. The van der Waals surface area contributed by atoms with Crippen molar-refractivity contribution in [2.75, 3.05) is 11.9 Å². The number of hydrogen-bond acceptors (Lipinski definition) is 5. The first-order valence-electron chi connectivity index (χ1n) is 9.27. The molecule has 2 aromatic carbocycles. The number of hydrogen-bond donors (Lipinski definition) is 1. The Hall–Kier alpha value is -2.90. The number of ether oxygens (including phenoxy) is 1. The molecule has 0 atom stereocenters. The van der Waals surface area contributed by atoms with Crippen LogP contribution < -0.4 is 5.32 Å². The van der Waals surface area contributed by atoms with E-state index in [1.165, 1.54) is 0 Å². The van der Waals surface area contributed by atoms with Crippen molar-refractivity contribution in [3.63, 3.8) is 0 Å². The van der Waals surface area contributed by atoms with Gasteiger partial charge in [0.25, 0.3) is 5.91 Å². The lowest BCUT2D eigenvalue weighted by Crippen LogP contribution is -2.14. The van der Waals surface area contributed by atoms with Crippen LogP contribution in [0, 0.1) is 6.92 Å². The average Bonchev–Trinajstić information content (AvgIpc) is 3.07. The Morgan fingerprint density at radius 3 is 2.43 bits per heavy atom. The number of carbonyl (C=O) groups is 2. The summed E-state index contributed by atoms with van der Waals surface area (Å²) in [6.07, 6.45) is 0.185. The maximum Gasteiger partial charge on any atom is 0.310 e. The standard InChI is InChI=1S/C21H20Cl2N4O3/c1-3-30-19(28)11-14-4-7-16(8-5-14)24-21(29)20-13(2)27(26-25-20)12-15-6-9-17(22)18(23)10-15/h4-10H,3,11-12H2,1-2H3,(H,24,29). The van der Waals surface area contributed by atoms with Crippen molar-refractivity contribution in [1.82, 2.24) is 15.0 Å². The molecule has 7 nitrogen and oxygen atoms in total. The van der Waals surface area contributed by atoms with E-state index in [4.69, 9.17) is 27.9 Å². The van der Waals surface area contributed by atoms with Crippen LogP contribution in [-0.2, 0) is 22.5 Å². The molecule has 0 bridgehead atoms. The first-order valence-corrected chi connectivity index (χ1v) is 10.0. The van der Waals surface area contributed by atoms with Crippen molar-refractivity contribution < 1.29 is 14.3 Å². The topological polar surface area (TPSA) is 86.1 Å². The van der Waals surface area contributed by atoms with Gasteiger partial charge in [-0.2, -0.15) is 0 Å². The summed E-state index contributed by atoms with van der Waals surface area (Å²) in [7, 11) is 0. The van der Waals surface area contributed by atoms with Gasteiger partial charge < -0.3 is 10.1 Å². The van der Waals surface area contributed by atoms with Gasteiger partial charge >= 0.3 is 5.97 Å². The van der Waals surface area contributed by atoms with E-state index in [9.17, 15) is 9.59 Å². The molecular weight excluding hydrogens is 427 g/mol. The highest BCUT2D eigenvalue weighted by Crippen LogP contribution is 2.23. The number of carbonyl (C=O) groups excluding carboxylic acids is 2. The predicted molar refractivity (Wildman–Crippen MR) is 115 cm³/mol. The van der Waals surface area contributed by atoms with Crippen LogP contribution in [0.3, 0.4) is 0 Å². The van der Waals surface area contributed by atoms with Crippen molar-refractivity contribution >= 4 is 40.8 Å². The third-order valence-electron chi connectivity index (χ3n) is 4.38. The number of amides is 1. The summed E-state index contributed by atoms with van der Waals surface area (Å²) in [6.45, 7) is 4.29. The Bertz CT molecular complexity index is 1060. The second-order valence-electron chi connectivity index (χ2n) is 6.56. The minimum absolute atomic E-state index is 0.185. The monoisotopic (exact) mass is 446 g/mol. The van der Waals surface area contributed by atoms with Gasteiger partial charge in [-0.15, -0.1) is 5.10 Å². The molecule has 1 N–H and O–H groups in total. The molecule has 1 amide bonds. The molecule has 1 aromatic heterocycles. The van der Waals surface area contributed by atoms with Crippen LogP contribution in [0.4, 0.5) is 5.69 Å². The number of esters is 1. The molecule has 30 heavy (non-hydrogen) atoms. The molecule has 0 spiro atoms. The van der Waals surface area contributed by atoms with Crippen LogP contribution >= 0.6 is 23.2 Å². The summed E-state index contributed by atoms with van der Waals surface area (Å²) in [5.74, 6) is -0.658. The largest absolute Gasteiger partial charge is 0.466 e. The molecule has 0 aliphatic carbocycles. The maximum atomic E-state index is 12.6. The van der Waals surface area contributed by atoms with Crippen molar-refractivity contribution in [3.05, 3.63) is 75.0 Å². The van der Waals surface area contributed by atoms with E-state index in [1.54, 1.807) is 54.9 Å². The molecule has 0 fully saturated rings. The highest BCUT2D eigenvalue weighted by atomic mass is 35.5. The fourth-order valence-corrected chi connectivity index (χ4v) is 3.13. The molecule has 9 heteroatoms. The van der Waals surface area contributed by atoms with Gasteiger partial charge in [-0.25, -0.2) is 4.68 Å². The lowest BCUT2D eigenvalue weighted by molar-refractivity contribution is -0.142. The lowest BCUT2D eigenvalue weighted by atomic mass is 10.1. The Labute approximate surface area is 183 Å². The Kier molecular flexibility index (Phi) is 7.07. The van der Waals surface area contributed by atoms with E-state index >= 15 is 0 Å². The van der Waals surface area contributed by atoms with E-state index in [1.807, 2.05) is 6.07 Å². The SMILES string of the molecule is CCOC(=O)Cc1ccc(NC(=O)c2nnn(Cc3ccc(Cl)c(Cl)c3)c2C)cc1. The lowest BCUT2D eigenvalue weighted by Gasteiger charge is -2.07. The molecule has 0 aliphatic heterocycles. The van der Waals surface area contributed by atoms with E-state index in [0.717, 1.165) is 11.1 Å². The van der Waals surface area contributed by atoms with E-state index in [0.29, 0.717) is 34.6 Å². The fraction of sp³-hybridized carbons (Fsp3) is 0.238. The smallest absolute Gasteiger partial charge is 0.310 e. The minimum atomic E-state index is -0.369. The third kappa shape index (κ3) is 5.37. The molecule has 3 rings (SSSR count). The molecule has 0 aliphatic rings. The van der Waals surface area contributed by atoms with Gasteiger partial charge in [0.2, 0.25) is 0 Å². The van der Waals surface area contributed by atoms with Crippen LogP contribution in [0.25, 0.3) is 0 Å². The van der Waals surface area contributed by atoms with Crippen LogP contribution in [0.2, 0.25) is 10.0 Å². The van der Waals surface area contributed by atoms with E-state index in [-0.39, 0.29) is 24.0 Å². The quantitative estimate of drug-likeness (QED) is 0.546. The predicted octanol–water partition coefficient (Wildman–Crippen LogP) is 4.30. The number of benzene rings is 2. The number of halogens is 2. The molecule has 0 saturated carbocycles. The number of anilines is 1. The van der Waals surface area contributed by atoms with Crippen molar-refractivity contribution in [2.45, 2.75) is 26.8 Å². The highest BCUT2D eigenvalue weighted by molar-refractivity contribution is 6.42. The van der Waals surface area contributed by atoms with Crippen molar-refractivity contribution in [2.24, 2.45) is 0 Å². The Morgan fingerprint density at radius 1 is 1.07 bits per heavy atom. The van der Waals surface area contributed by atoms with Crippen LogP contribution in [0.5, 0.6) is 0 Å². The van der Waals surface area contributed by atoms with E-state index in [2.05, 4.69) is 15.6 Å². The summed E-state index contributed by atoms with van der Waals surface area (Å²) in [5, 5.41) is 11.8. The van der Waals surface area contributed by atoms with E-state index < -0.39 is 0 Å². The average molecular weight is 447 g/mol. The zero-order valence-corrected chi connectivity index (χ0v) is 18.0. The zero-order chi connectivity index (χ0) is 21.7. The van der Waals surface area contributed by atoms with Crippen molar-refractivity contribution in [3.8, 4) is 0 Å². The second kappa shape index (κ2) is 9.73. The minimum Gasteiger partial charge on any atom is -0.466 e. The van der Waals surface area contributed by atoms with Crippen LogP contribution in [0.1, 0.15) is 34.2 Å². The summed E-state index contributed by atoms with van der Waals surface area (Å²) in [6, 6.07) is 12.3. The highest BCUT2D eigenvalue weighted by Gasteiger charge is 2.17. The summed E-state index contributed by atoms with van der Waals surface area (Å²) in [4.78, 5) is 24.2. The maximum absolute atomic E-state index is 12.6. The van der Waals surface area contributed by atoms with Crippen LogP contribution in [-0.4, -0.2) is 33.5 Å². The first-order chi connectivity index (χ1) is 14.4. The number of nitrogens with zero attached hydrogens (tertiary/aromatic N) is 3. The van der Waals surface area contributed by atoms with Crippen molar-refractivity contribution in [1.29, 1.82) is 0 Å². The molecule has 0 radical (unpaired) electrons. The second-order valence-corrected chi connectivity index (χ2v) is 7.38. The number of aromatic nitrogens is 3. The number of nitrogens with one attached hydrogen (secondary N) is 1. The Balaban J connectivity index is 1.66. The molecule has 1 heterocycles. The molecular formula is C21H20Cl2N4O3. The summed E-state index contributed by atoms with van der Waals surface area (Å²) < 4.78 is 6.55. The van der Waals surface area contributed by atoms with Gasteiger partial charge in [-0.3, -0.25) is 9.59 Å². The van der Waals surface area contributed by atoms with Crippen LogP contribution in [0.15, 0.2) is 42.5 Å². The van der Waals surface area contributed by atoms with Gasteiger partial charge in [0.05, 0.1) is 35.3 Å². The molecule has 0 saturated heterocycles. The third-order valence-corrected chi connectivity index (χ3v) is 5.12. The van der Waals surface area contributed by atoms with Gasteiger partial charge in [0.15, 0.2) is 5.69 Å². The molecule has 0 unspecified atom stereocenters.